The van der Waals surface area contributed by atoms with Gasteiger partial charge in [0.05, 0.1) is 30.2 Å². The molecule has 0 radical (unpaired) electrons. The summed E-state index contributed by atoms with van der Waals surface area (Å²) >= 11 is 0. The van der Waals surface area contributed by atoms with E-state index in [0.717, 1.165) is 9.95 Å². The van der Waals surface area contributed by atoms with Crippen LogP contribution in [0.3, 0.4) is 0 Å². The molecule has 0 aliphatic heterocycles. The Morgan fingerprint density at radius 2 is 1.09 bits per heavy atom. The SMILES string of the molecule is [2H]c1c([2H])c(-n2c3c([2H])c([2H])c([2H])c([2H])c3c3c4c([2H])c([2H])c([2H])c([2H])c4c([2H])c([2H])c32)c([2H])c([2H])c1-c1cc(-c2nc(-c3ccccc3)nc(-c3ccccc3)n2)c2c(c1)oc1ccccc12. The smallest absolute Gasteiger partial charge is 0.164 e. The van der Waals surface area contributed by atoms with Crippen molar-refractivity contribution in [3.8, 4) is 51.0 Å². The lowest BCUT2D eigenvalue weighted by atomic mass is 9.98. The van der Waals surface area contributed by atoms with E-state index in [1.54, 1.807) is 18.2 Å². The Balaban J connectivity index is 1.24. The zero-order valence-corrected chi connectivity index (χ0v) is 27.9. The fraction of sp³-hybridized carbons (Fsp3) is 0. The highest BCUT2D eigenvalue weighted by Gasteiger charge is 2.20. The van der Waals surface area contributed by atoms with Crippen molar-refractivity contribution in [2.24, 2.45) is 0 Å². The van der Waals surface area contributed by atoms with E-state index in [2.05, 4.69) is 0 Å². The summed E-state index contributed by atoms with van der Waals surface area (Å²) in [5, 5.41) is 0.130. The Labute approximate surface area is 330 Å². The lowest BCUT2D eigenvalue weighted by Crippen LogP contribution is -2.00. The van der Waals surface area contributed by atoms with Crippen molar-refractivity contribution < 1.29 is 23.6 Å². The van der Waals surface area contributed by atoms with E-state index in [9.17, 15) is 6.85 Å². The summed E-state index contributed by atoms with van der Waals surface area (Å²) in [6, 6.07) is 20.1. The molecule has 54 heavy (non-hydrogen) atoms. The first kappa shape index (κ1) is 19.5. The first-order chi connectivity index (χ1) is 32.6. The lowest BCUT2D eigenvalue weighted by Gasteiger charge is -2.12. The molecule has 5 heteroatoms. The molecule has 0 spiro atoms. The molecule has 8 aromatic carbocycles. The van der Waals surface area contributed by atoms with Gasteiger partial charge < -0.3 is 8.98 Å². The van der Waals surface area contributed by atoms with Crippen LogP contribution in [0.25, 0.3) is 105 Å². The number of para-hydroxylation sites is 2. The summed E-state index contributed by atoms with van der Waals surface area (Å²) < 4.78 is 134. The molecular formula is C49H30N4O. The topological polar surface area (TPSA) is 56.7 Å². The van der Waals surface area contributed by atoms with Crippen LogP contribution >= 0.6 is 0 Å². The Morgan fingerprint density at radius 3 is 1.85 bits per heavy atom. The second kappa shape index (κ2) is 12.1. The van der Waals surface area contributed by atoms with Crippen LogP contribution in [0, 0.1) is 0 Å². The molecule has 11 aromatic rings. The largest absolute Gasteiger partial charge is 0.456 e. The van der Waals surface area contributed by atoms with E-state index >= 15 is 0 Å². The van der Waals surface area contributed by atoms with Gasteiger partial charge in [0.1, 0.15) is 11.2 Å². The van der Waals surface area contributed by atoms with Gasteiger partial charge in [0, 0.05) is 43.9 Å². The maximum absolute atomic E-state index is 9.62. The molecule has 0 N–H and O–H groups in total. The minimum absolute atomic E-state index is 0.178. The second-order valence-corrected chi connectivity index (χ2v) is 12.5. The van der Waals surface area contributed by atoms with Crippen molar-refractivity contribution in [2.45, 2.75) is 0 Å². The van der Waals surface area contributed by atoms with Crippen LogP contribution in [-0.2, 0) is 0 Å². The summed E-state index contributed by atoms with van der Waals surface area (Å²) in [6.45, 7) is 0. The van der Waals surface area contributed by atoms with Crippen molar-refractivity contribution in [1.29, 1.82) is 0 Å². The zero-order valence-electron chi connectivity index (χ0n) is 41.9. The van der Waals surface area contributed by atoms with Gasteiger partial charge in [-0.2, -0.15) is 0 Å². The minimum Gasteiger partial charge on any atom is -0.456 e. The highest BCUT2D eigenvalue weighted by Crippen LogP contribution is 2.41. The van der Waals surface area contributed by atoms with Crippen molar-refractivity contribution in [3.05, 3.63) is 182 Å². The van der Waals surface area contributed by atoms with Crippen LogP contribution in [0.1, 0.15) is 19.2 Å². The van der Waals surface area contributed by atoms with E-state index < -0.39 is 90.3 Å². The predicted octanol–water partition coefficient (Wildman–Crippen LogP) is 12.7. The van der Waals surface area contributed by atoms with E-state index in [0.29, 0.717) is 44.9 Å². The highest BCUT2D eigenvalue weighted by atomic mass is 16.3. The summed E-state index contributed by atoms with van der Waals surface area (Å²) in [4.78, 5) is 14.8. The number of hydrogen-bond donors (Lipinski definition) is 0. The van der Waals surface area contributed by atoms with Gasteiger partial charge in [-0.25, -0.2) is 15.0 Å². The number of furan rings is 1. The van der Waals surface area contributed by atoms with Gasteiger partial charge in [0.15, 0.2) is 17.5 Å². The van der Waals surface area contributed by atoms with Gasteiger partial charge in [0.2, 0.25) is 0 Å². The third-order valence-corrected chi connectivity index (χ3v) is 9.39. The third kappa shape index (κ3) is 4.83. The van der Waals surface area contributed by atoms with Crippen LogP contribution in [-0.4, -0.2) is 19.5 Å². The van der Waals surface area contributed by atoms with Crippen LogP contribution in [0.4, 0.5) is 0 Å². The number of hydrogen-bond acceptors (Lipinski definition) is 4. The maximum atomic E-state index is 9.62. The lowest BCUT2D eigenvalue weighted by molar-refractivity contribution is 0.669. The van der Waals surface area contributed by atoms with Crippen molar-refractivity contribution >= 4 is 54.5 Å². The van der Waals surface area contributed by atoms with E-state index in [4.69, 9.17) is 31.7 Å². The molecule has 3 heterocycles. The zero-order chi connectivity index (χ0) is 47.8. The third-order valence-electron chi connectivity index (χ3n) is 9.39. The van der Waals surface area contributed by atoms with Crippen molar-refractivity contribution in [3.63, 3.8) is 0 Å². The van der Waals surface area contributed by atoms with E-state index in [1.807, 2.05) is 78.9 Å². The van der Waals surface area contributed by atoms with Gasteiger partial charge in [-0.3, -0.25) is 0 Å². The predicted molar refractivity (Wildman–Crippen MR) is 221 cm³/mol. The van der Waals surface area contributed by atoms with Gasteiger partial charge >= 0.3 is 0 Å². The molecule has 252 valence electrons. The van der Waals surface area contributed by atoms with Crippen molar-refractivity contribution in [2.75, 3.05) is 0 Å². The fourth-order valence-electron chi connectivity index (χ4n) is 6.96. The molecule has 0 fully saturated rings. The van der Waals surface area contributed by atoms with Crippen LogP contribution in [0.2, 0.25) is 0 Å². The fourth-order valence-corrected chi connectivity index (χ4v) is 6.96. The molecule has 3 aromatic heterocycles. The number of nitrogens with zero attached hydrogens (tertiary/aromatic N) is 4. The van der Waals surface area contributed by atoms with Gasteiger partial charge in [-0.15, -0.1) is 0 Å². The number of fused-ring (bicyclic) bond motifs is 8. The normalized spacial score (nSPS) is 15.3. The van der Waals surface area contributed by atoms with Crippen LogP contribution in [0.5, 0.6) is 0 Å². The first-order valence-electron chi connectivity index (χ1n) is 24.0. The molecule has 0 bridgehead atoms. The van der Waals surface area contributed by atoms with Crippen LogP contribution < -0.4 is 0 Å². The van der Waals surface area contributed by atoms with E-state index in [-0.39, 0.29) is 49.5 Å². The van der Waals surface area contributed by atoms with Gasteiger partial charge in [0.25, 0.3) is 0 Å². The first-order valence-corrected chi connectivity index (χ1v) is 17.0. The molecule has 0 saturated carbocycles. The summed E-state index contributed by atoms with van der Waals surface area (Å²) in [7, 11) is 0. The molecule has 5 nitrogen and oxygen atoms in total. The quantitative estimate of drug-likeness (QED) is 0.179. The molecule has 0 aliphatic rings. The Morgan fingerprint density at radius 1 is 0.444 bits per heavy atom. The molecule has 0 amide bonds. The van der Waals surface area contributed by atoms with E-state index in [1.165, 1.54) is 0 Å². The average Bonchev–Trinajstić information content (AvgIpc) is 3.91. The van der Waals surface area contributed by atoms with Crippen LogP contribution in [0.15, 0.2) is 186 Å². The number of aromatic nitrogens is 4. The summed E-state index contributed by atoms with van der Waals surface area (Å²) in [6.07, 6.45) is 0. The highest BCUT2D eigenvalue weighted by molar-refractivity contribution is 6.21. The average molecular weight is 705 g/mol. The minimum atomic E-state index is -0.724. The molecule has 0 saturated heterocycles. The summed E-state index contributed by atoms with van der Waals surface area (Å²) in [5.74, 6) is 0.958. The Kier molecular flexibility index (Phi) is 4.36. The molecular weight excluding hydrogens is 661 g/mol. The molecule has 0 unspecified atom stereocenters. The maximum Gasteiger partial charge on any atom is 0.164 e. The van der Waals surface area contributed by atoms with Gasteiger partial charge in [-0.1, -0.05) is 139 Å². The Bertz CT molecular complexity index is 3940. The monoisotopic (exact) mass is 704 g/mol. The van der Waals surface area contributed by atoms with Gasteiger partial charge in [-0.05, 0) is 64.3 Å². The number of rotatable bonds is 5. The standard InChI is InChI=1S/C49H30N4O/c1-3-14-33(15-4-1)47-50-48(34-16-5-2-6-17-34)52-49(51-47)40-29-35(30-44-46(40)39-20-10-12-22-43(39)54-44)31-23-26-36(27-24-31)53-41-21-11-9-19-38(41)45-37-18-8-7-13-32(37)25-28-42(45)53/h1-30H/i7D,8D,9D,11D,13D,18D,19D,21D,23D,24D,25D,26D,27D,28D. The Hall–Kier alpha value is -7.37. The number of benzene rings is 8. The summed E-state index contributed by atoms with van der Waals surface area (Å²) in [5.41, 5.74) is 1.42. The molecule has 0 atom stereocenters. The second-order valence-electron chi connectivity index (χ2n) is 12.5. The molecule has 0 aliphatic carbocycles. The molecule has 11 rings (SSSR count). The van der Waals surface area contributed by atoms with Crippen molar-refractivity contribution in [1.82, 2.24) is 19.5 Å².